The van der Waals surface area contributed by atoms with Gasteiger partial charge < -0.3 is 10.2 Å². The van der Waals surface area contributed by atoms with Gasteiger partial charge in [-0.05, 0) is 75.1 Å². The first-order valence-corrected chi connectivity index (χ1v) is 16.4. The maximum atomic E-state index is 14.1. The second-order valence-corrected chi connectivity index (χ2v) is 13.6. The van der Waals surface area contributed by atoms with E-state index in [-0.39, 0.29) is 29.1 Å². The van der Waals surface area contributed by atoms with Crippen molar-refractivity contribution >= 4 is 50.7 Å². The number of benzene rings is 3. The second-order valence-electron chi connectivity index (χ2n) is 10.9. The number of rotatable bonds is 10. The lowest BCUT2D eigenvalue weighted by atomic mass is 9.95. The van der Waals surface area contributed by atoms with Crippen LogP contribution in [0.5, 0.6) is 0 Å². The quantitative estimate of drug-likeness (QED) is 0.271. The Balaban J connectivity index is 1.70. The minimum Gasteiger partial charge on any atom is -0.352 e. The van der Waals surface area contributed by atoms with Crippen LogP contribution in [0.2, 0.25) is 10.0 Å². The van der Waals surface area contributed by atoms with E-state index in [1.54, 1.807) is 55.5 Å². The molecule has 42 heavy (non-hydrogen) atoms. The van der Waals surface area contributed by atoms with Crippen LogP contribution in [0.15, 0.2) is 71.6 Å². The Morgan fingerprint density at radius 1 is 0.929 bits per heavy atom. The van der Waals surface area contributed by atoms with E-state index in [0.717, 1.165) is 47.5 Å². The normalized spacial score (nSPS) is 14.7. The summed E-state index contributed by atoms with van der Waals surface area (Å²) in [5.41, 5.74) is 2.57. The van der Waals surface area contributed by atoms with Crippen molar-refractivity contribution in [2.45, 2.75) is 76.4 Å². The van der Waals surface area contributed by atoms with Crippen molar-refractivity contribution < 1.29 is 18.0 Å². The Morgan fingerprint density at radius 2 is 1.60 bits per heavy atom. The fraction of sp³-hybridized carbons (Fsp3) is 0.375. The van der Waals surface area contributed by atoms with E-state index in [9.17, 15) is 18.0 Å². The van der Waals surface area contributed by atoms with Crippen molar-refractivity contribution in [1.29, 1.82) is 0 Å². The van der Waals surface area contributed by atoms with Gasteiger partial charge in [0.1, 0.15) is 12.6 Å². The molecular formula is C32H37Cl2N3O4S. The Labute approximate surface area is 258 Å². The van der Waals surface area contributed by atoms with Crippen molar-refractivity contribution in [3.63, 3.8) is 0 Å². The van der Waals surface area contributed by atoms with E-state index in [2.05, 4.69) is 5.32 Å². The highest BCUT2D eigenvalue weighted by Crippen LogP contribution is 2.29. The van der Waals surface area contributed by atoms with Gasteiger partial charge in [-0.3, -0.25) is 13.9 Å². The number of sulfonamides is 1. The summed E-state index contributed by atoms with van der Waals surface area (Å²) in [6.07, 6.45) is 5.04. The highest BCUT2D eigenvalue weighted by atomic mass is 35.5. The van der Waals surface area contributed by atoms with Gasteiger partial charge in [-0.1, -0.05) is 84.4 Å². The molecule has 7 nitrogen and oxygen atoms in total. The van der Waals surface area contributed by atoms with Crippen molar-refractivity contribution in [2.75, 3.05) is 10.8 Å². The standard InChI is InChI=1S/C32H37Cl2N3O4S/c1-22-13-17-28(18-14-22)42(40,41)37(27-16-15-23(2)30(34)19-27)21-31(38)36(20-25-9-7-8-12-29(25)33)24(3)32(39)35-26-10-5-4-6-11-26/h7-9,12-19,24,26H,4-6,10-11,20-21H2,1-3H3,(H,35,39)/t24-/m1/s1. The molecule has 1 saturated carbocycles. The predicted molar refractivity (Wildman–Crippen MR) is 168 cm³/mol. The molecule has 0 bridgehead atoms. The van der Waals surface area contributed by atoms with E-state index >= 15 is 0 Å². The molecule has 0 radical (unpaired) electrons. The smallest absolute Gasteiger partial charge is 0.264 e. The summed E-state index contributed by atoms with van der Waals surface area (Å²) in [4.78, 5) is 29.0. The molecule has 3 aromatic carbocycles. The molecule has 1 N–H and O–H groups in total. The molecule has 1 fully saturated rings. The number of halogens is 2. The van der Waals surface area contributed by atoms with Crippen LogP contribution in [0.25, 0.3) is 0 Å². The number of hydrogen-bond donors (Lipinski definition) is 1. The van der Waals surface area contributed by atoms with Crippen LogP contribution >= 0.6 is 23.2 Å². The third kappa shape index (κ3) is 7.65. The average Bonchev–Trinajstić information content (AvgIpc) is 2.97. The van der Waals surface area contributed by atoms with Gasteiger partial charge in [0, 0.05) is 22.6 Å². The van der Waals surface area contributed by atoms with Crippen molar-refractivity contribution in [3.8, 4) is 0 Å². The van der Waals surface area contributed by atoms with Crippen LogP contribution in [-0.4, -0.2) is 43.8 Å². The van der Waals surface area contributed by atoms with E-state index in [0.29, 0.717) is 15.6 Å². The molecule has 0 saturated heterocycles. The molecular weight excluding hydrogens is 593 g/mol. The highest BCUT2D eigenvalue weighted by Gasteiger charge is 2.33. The lowest BCUT2D eigenvalue weighted by Crippen LogP contribution is -2.53. The first kappa shape index (κ1) is 31.9. The number of carbonyl (C=O) groups is 2. The molecule has 2 amide bonds. The van der Waals surface area contributed by atoms with Gasteiger partial charge in [-0.2, -0.15) is 0 Å². The molecule has 3 aromatic rings. The van der Waals surface area contributed by atoms with Crippen LogP contribution in [0.3, 0.4) is 0 Å². The minimum atomic E-state index is -4.18. The van der Waals surface area contributed by atoms with Gasteiger partial charge in [0.25, 0.3) is 10.0 Å². The van der Waals surface area contributed by atoms with Gasteiger partial charge in [0.15, 0.2) is 0 Å². The molecule has 0 heterocycles. The van der Waals surface area contributed by atoms with Gasteiger partial charge in [0.2, 0.25) is 11.8 Å². The van der Waals surface area contributed by atoms with Crippen LogP contribution < -0.4 is 9.62 Å². The predicted octanol–water partition coefficient (Wildman–Crippen LogP) is 6.67. The summed E-state index contributed by atoms with van der Waals surface area (Å²) in [5.74, 6) is -0.831. The van der Waals surface area contributed by atoms with E-state index in [4.69, 9.17) is 23.2 Å². The van der Waals surface area contributed by atoms with Crippen LogP contribution in [-0.2, 0) is 26.2 Å². The molecule has 0 aliphatic heterocycles. The Bertz CT molecular complexity index is 1520. The van der Waals surface area contributed by atoms with Gasteiger partial charge in [0.05, 0.1) is 10.6 Å². The third-order valence-electron chi connectivity index (χ3n) is 7.75. The molecule has 4 rings (SSSR count). The summed E-state index contributed by atoms with van der Waals surface area (Å²) in [6.45, 7) is 4.83. The van der Waals surface area contributed by atoms with E-state index < -0.39 is 28.5 Å². The SMILES string of the molecule is Cc1ccc(S(=O)(=O)N(CC(=O)N(Cc2ccccc2Cl)[C@H](C)C(=O)NC2CCCCC2)c2ccc(C)c(Cl)c2)cc1. The van der Waals surface area contributed by atoms with Crippen LogP contribution in [0, 0.1) is 13.8 Å². The summed E-state index contributed by atoms with van der Waals surface area (Å²) < 4.78 is 29.0. The number of anilines is 1. The molecule has 10 heteroatoms. The lowest BCUT2D eigenvalue weighted by molar-refractivity contribution is -0.139. The molecule has 224 valence electrons. The fourth-order valence-corrected chi connectivity index (χ4v) is 6.84. The Kier molecular flexibility index (Phi) is 10.6. The summed E-state index contributed by atoms with van der Waals surface area (Å²) in [5, 5.41) is 3.92. The maximum absolute atomic E-state index is 14.1. The fourth-order valence-electron chi connectivity index (χ4n) is 5.06. The largest absolute Gasteiger partial charge is 0.352 e. The van der Waals surface area contributed by atoms with E-state index in [1.165, 1.54) is 23.1 Å². The number of amides is 2. The monoisotopic (exact) mass is 629 g/mol. The summed E-state index contributed by atoms with van der Waals surface area (Å²) >= 11 is 12.9. The van der Waals surface area contributed by atoms with E-state index in [1.807, 2.05) is 13.8 Å². The van der Waals surface area contributed by atoms with Gasteiger partial charge in [-0.15, -0.1) is 0 Å². The average molecular weight is 631 g/mol. The number of nitrogens with one attached hydrogen (secondary N) is 1. The van der Waals surface area contributed by atoms with Crippen molar-refractivity contribution in [3.05, 3.63) is 93.5 Å². The summed E-state index contributed by atoms with van der Waals surface area (Å²) in [7, 11) is -4.18. The first-order chi connectivity index (χ1) is 20.0. The third-order valence-corrected chi connectivity index (χ3v) is 10.3. The zero-order valence-electron chi connectivity index (χ0n) is 24.1. The van der Waals surface area contributed by atoms with Crippen LogP contribution in [0.4, 0.5) is 5.69 Å². The van der Waals surface area contributed by atoms with Gasteiger partial charge >= 0.3 is 0 Å². The molecule has 0 unspecified atom stereocenters. The number of nitrogens with zero attached hydrogens (tertiary/aromatic N) is 2. The van der Waals surface area contributed by atoms with Crippen molar-refractivity contribution in [1.82, 2.24) is 10.2 Å². The van der Waals surface area contributed by atoms with Gasteiger partial charge in [-0.25, -0.2) is 8.42 Å². The molecule has 0 spiro atoms. The molecule has 1 aliphatic rings. The maximum Gasteiger partial charge on any atom is 0.264 e. The van der Waals surface area contributed by atoms with Crippen LogP contribution in [0.1, 0.15) is 55.7 Å². The number of aryl methyl sites for hydroxylation is 2. The Morgan fingerprint density at radius 3 is 2.24 bits per heavy atom. The highest BCUT2D eigenvalue weighted by molar-refractivity contribution is 7.92. The zero-order valence-corrected chi connectivity index (χ0v) is 26.5. The zero-order chi connectivity index (χ0) is 30.4. The first-order valence-electron chi connectivity index (χ1n) is 14.2. The molecule has 0 aromatic heterocycles. The second kappa shape index (κ2) is 13.9. The lowest BCUT2D eigenvalue weighted by Gasteiger charge is -2.33. The minimum absolute atomic E-state index is 0.0326. The number of hydrogen-bond acceptors (Lipinski definition) is 4. The summed E-state index contributed by atoms with van der Waals surface area (Å²) in [6, 6.07) is 17.6. The molecule has 1 aliphatic carbocycles. The topological polar surface area (TPSA) is 86.8 Å². The molecule has 1 atom stereocenters. The Hall–Kier alpha value is -3.07. The van der Waals surface area contributed by atoms with Crippen molar-refractivity contribution in [2.24, 2.45) is 0 Å². The number of carbonyl (C=O) groups excluding carboxylic acids is 2.